The number of ether oxygens (including phenoxy) is 2. The first kappa shape index (κ1) is 15.7. The van der Waals surface area contributed by atoms with Crippen LogP contribution in [-0.4, -0.2) is 51.9 Å². The largest absolute Gasteiger partial charge is 0.378 e. The zero-order valence-corrected chi connectivity index (χ0v) is 13.4. The van der Waals surface area contributed by atoms with Gasteiger partial charge in [0.05, 0.1) is 24.9 Å². The summed E-state index contributed by atoms with van der Waals surface area (Å²) < 4.78 is 13.1. The van der Waals surface area contributed by atoms with Gasteiger partial charge in [-0.05, 0) is 50.5 Å². The van der Waals surface area contributed by atoms with Gasteiger partial charge in [-0.2, -0.15) is 0 Å². The quantitative estimate of drug-likeness (QED) is 0.592. The second-order valence-electron chi connectivity index (χ2n) is 5.96. The van der Waals surface area contributed by atoms with Gasteiger partial charge in [0, 0.05) is 12.4 Å². The Morgan fingerprint density at radius 1 is 1.40 bits per heavy atom. The van der Waals surface area contributed by atoms with Crippen LogP contribution in [0.15, 0.2) is 5.16 Å². The first-order valence-electron chi connectivity index (χ1n) is 7.18. The third-order valence-corrected chi connectivity index (χ3v) is 4.00. The van der Waals surface area contributed by atoms with Crippen molar-refractivity contribution in [2.75, 3.05) is 25.6 Å². The number of tetrazole rings is 1. The summed E-state index contributed by atoms with van der Waals surface area (Å²) in [6.45, 7) is 8.54. The Hall–Kier alpha value is -0.660. The van der Waals surface area contributed by atoms with Crippen molar-refractivity contribution in [3.05, 3.63) is 0 Å². The molecule has 1 aromatic heterocycles. The normalized spacial score (nSPS) is 20.2. The van der Waals surface area contributed by atoms with E-state index < -0.39 is 0 Å². The van der Waals surface area contributed by atoms with Gasteiger partial charge in [-0.25, -0.2) is 4.68 Å². The molecule has 2 rings (SSSR count). The predicted octanol–water partition coefficient (Wildman–Crippen LogP) is 2.11. The van der Waals surface area contributed by atoms with Crippen LogP contribution < -0.4 is 0 Å². The van der Waals surface area contributed by atoms with Crippen LogP contribution in [0.2, 0.25) is 0 Å². The van der Waals surface area contributed by atoms with E-state index in [9.17, 15) is 0 Å². The van der Waals surface area contributed by atoms with Gasteiger partial charge in [0.2, 0.25) is 5.16 Å². The molecular formula is C13H24N4O2S. The highest BCUT2D eigenvalue weighted by Gasteiger charge is 2.19. The van der Waals surface area contributed by atoms with Crippen molar-refractivity contribution in [1.29, 1.82) is 0 Å². The van der Waals surface area contributed by atoms with E-state index >= 15 is 0 Å². The van der Waals surface area contributed by atoms with Crippen LogP contribution in [0, 0.1) is 0 Å². The molecule has 6 nitrogen and oxygen atoms in total. The van der Waals surface area contributed by atoms with Crippen LogP contribution in [0.5, 0.6) is 0 Å². The monoisotopic (exact) mass is 300 g/mol. The number of hydrogen-bond donors (Lipinski definition) is 0. The Morgan fingerprint density at radius 2 is 2.25 bits per heavy atom. The number of nitrogens with zero attached hydrogens (tertiary/aromatic N) is 4. The molecule has 0 aromatic carbocycles. The first-order valence-corrected chi connectivity index (χ1v) is 8.17. The van der Waals surface area contributed by atoms with Crippen LogP contribution in [0.25, 0.3) is 0 Å². The van der Waals surface area contributed by atoms with Crippen LogP contribution in [-0.2, 0) is 15.0 Å². The Kier molecular flexibility index (Phi) is 5.80. The van der Waals surface area contributed by atoms with E-state index in [-0.39, 0.29) is 11.6 Å². The molecule has 0 spiro atoms. The summed E-state index contributed by atoms with van der Waals surface area (Å²) in [5.74, 6) is 0.850. The smallest absolute Gasteiger partial charge is 0.209 e. The van der Waals surface area contributed by atoms with E-state index in [2.05, 4.69) is 36.3 Å². The lowest BCUT2D eigenvalue weighted by Crippen LogP contribution is -2.25. The van der Waals surface area contributed by atoms with Crippen molar-refractivity contribution < 1.29 is 9.47 Å². The number of aromatic nitrogens is 4. The van der Waals surface area contributed by atoms with Crippen LogP contribution in [0.1, 0.15) is 40.0 Å². The average Bonchev–Trinajstić information content (AvgIpc) is 2.88. The third kappa shape index (κ3) is 4.71. The van der Waals surface area contributed by atoms with Crippen molar-refractivity contribution in [3.63, 3.8) is 0 Å². The van der Waals surface area contributed by atoms with E-state index in [0.717, 1.165) is 23.9 Å². The zero-order valence-electron chi connectivity index (χ0n) is 12.5. The molecule has 2 heterocycles. The Morgan fingerprint density at radius 3 is 2.95 bits per heavy atom. The lowest BCUT2D eigenvalue weighted by molar-refractivity contribution is -0.0376. The molecule has 1 atom stereocenters. The van der Waals surface area contributed by atoms with Crippen molar-refractivity contribution in [2.45, 2.75) is 56.8 Å². The molecule has 0 bridgehead atoms. The van der Waals surface area contributed by atoms with Crippen molar-refractivity contribution in [1.82, 2.24) is 20.2 Å². The summed E-state index contributed by atoms with van der Waals surface area (Å²) in [6, 6.07) is 0. The zero-order chi connectivity index (χ0) is 14.4. The molecule has 1 aromatic rings. The molecule has 114 valence electrons. The standard InChI is InChI=1S/C13H24N4O2S/c1-13(2,3)17-12(14-15-16-17)20-9-8-18-10-11-6-4-5-7-19-11/h11H,4-10H2,1-3H3/t11-/m0/s1. The van der Waals surface area contributed by atoms with Gasteiger partial charge in [0.1, 0.15) is 0 Å². The van der Waals surface area contributed by atoms with Gasteiger partial charge < -0.3 is 9.47 Å². The van der Waals surface area contributed by atoms with E-state index in [1.165, 1.54) is 12.8 Å². The first-order chi connectivity index (χ1) is 9.57. The highest BCUT2D eigenvalue weighted by atomic mass is 32.2. The molecule has 7 heteroatoms. The summed E-state index contributed by atoms with van der Waals surface area (Å²) in [7, 11) is 0. The Balaban J connectivity index is 1.65. The molecular weight excluding hydrogens is 276 g/mol. The number of hydrogen-bond acceptors (Lipinski definition) is 6. The average molecular weight is 300 g/mol. The molecule has 1 aliphatic heterocycles. The van der Waals surface area contributed by atoms with Crippen LogP contribution >= 0.6 is 11.8 Å². The maximum Gasteiger partial charge on any atom is 0.209 e. The van der Waals surface area contributed by atoms with Crippen molar-refractivity contribution in [2.24, 2.45) is 0 Å². The second kappa shape index (κ2) is 7.38. The molecule has 1 fully saturated rings. The number of thioether (sulfide) groups is 1. The van der Waals surface area contributed by atoms with E-state index in [1.807, 2.05) is 4.68 Å². The maximum atomic E-state index is 5.67. The molecule has 1 aliphatic rings. The van der Waals surface area contributed by atoms with Gasteiger partial charge in [-0.15, -0.1) is 5.10 Å². The Labute approximate surface area is 124 Å². The van der Waals surface area contributed by atoms with Crippen molar-refractivity contribution >= 4 is 11.8 Å². The van der Waals surface area contributed by atoms with Gasteiger partial charge in [-0.1, -0.05) is 11.8 Å². The fourth-order valence-electron chi connectivity index (χ4n) is 2.04. The topological polar surface area (TPSA) is 62.1 Å². The molecule has 0 unspecified atom stereocenters. The minimum atomic E-state index is -0.0946. The summed E-state index contributed by atoms with van der Waals surface area (Å²) in [4.78, 5) is 0. The van der Waals surface area contributed by atoms with Gasteiger partial charge in [-0.3, -0.25) is 0 Å². The molecule has 0 saturated carbocycles. The van der Waals surface area contributed by atoms with Crippen LogP contribution in [0.4, 0.5) is 0 Å². The van der Waals surface area contributed by atoms with E-state index in [1.54, 1.807) is 11.8 Å². The SMILES string of the molecule is CC(C)(C)n1nnnc1SCCOC[C@@H]1CCCCO1. The summed E-state index contributed by atoms with van der Waals surface area (Å²) >= 11 is 1.63. The Bertz CT molecular complexity index is 399. The fourth-order valence-corrected chi connectivity index (χ4v) is 2.95. The van der Waals surface area contributed by atoms with Gasteiger partial charge >= 0.3 is 0 Å². The maximum absolute atomic E-state index is 5.67. The molecule has 1 saturated heterocycles. The second-order valence-corrected chi connectivity index (χ2v) is 7.02. The van der Waals surface area contributed by atoms with Gasteiger partial charge in [0.15, 0.2) is 0 Å². The molecule has 0 radical (unpaired) electrons. The minimum Gasteiger partial charge on any atom is -0.378 e. The highest BCUT2D eigenvalue weighted by Crippen LogP contribution is 2.21. The predicted molar refractivity (Wildman–Crippen MR) is 77.9 cm³/mol. The summed E-state index contributed by atoms with van der Waals surface area (Å²) in [5, 5.41) is 12.7. The van der Waals surface area contributed by atoms with Gasteiger partial charge in [0.25, 0.3) is 0 Å². The number of rotatable bonds is 6. The summed E-state index contributed by atoms with van der Waals surface area (Å²) in [5.41, 5.74) is -0.0946. The molecule has 0 aliphatic carbocycles. The lowest BCUT2D eigenvalue weighted by atomic mass is 10.1. The third-order valence-electron chi connectivity index (χ3n) is 3.11. The minimum absolute atomic E-state index is 0.0946. The fraction of sp³-hybridized carbons (Fsp3) is 0.923. The van der Waals surface area contributed by atoms with E-state index in [0.29, 0.717) is 13.2 Å². The lowest BCUT2D eigenvalue weighted by Gasteiger charge is -2.22. The summed E-state index contributed by atoms with van der Waals surface area (Å²) in [6.07, 6.45) is 3.84. The van der Waals surface area contributed by atoms with Crippen LogP contribution in [0.3, 0.4) is 0 Å². The highest BCUT2D eigenvalue weighted by molar-refractivity contribution is 7.99. The van der Waals surface area contributed by atoms with Crippen molar-refractivity contribution in [3.8, 4) is 0 Å². The molecule has 20 heavy (non-hydrogen) atoms. The molecule has 0 N–H and O–H groups in total. The van der Waals surface area contributed by atoms with E-state index in [4.69, 9.17) is 9.47 Å². The molecule has 0 amide bonds.